The first kappa shape index (κ1) is 17.1. The van der Waals surface area contributed by atoms with Crippen molar-refractivity contribution in [1.82, 2.24) is 20.0 Å². The molecule has 0 aromatic carbocycles. The number of carbonyl (C=O) groups is 3. The molecule has 2 aliphatic heterocycles. The molecule has 24 heavy (non-hydrogen) atoms. The maximum atomic E-state index is 12.5. The van der Waals surface area contributed by atoms with Crippen molar-refractivity contribution in [3.05, 3.63) is 16.4 Å². The molecule has 3 atom stereocenters. The molecule has 3 rings (SSSR count). The lowest BCUT2D eigenvalue weighted by molar-refractivity contribution is -0.159. The molecule has 1 aromatic rings. The van der Waals surface area contributed by atoms with Gasteiger partial charge in [-0.05, 0) is 20.8 Å². The Kier molecular flexibility index (Phi) is 3.83. The molecule has 3 heterocycles. The molecule has 2 saturated heterocycles. The molecular formula is C14H17ClN4O4S. The zero-order valence-electron chi connectivity index (χ0n) is 13.5. The van der Waals surface area contributed by atoms with Crippen LogP contribution in [0.4, 0.5) is 0 Å². The number of aliphatic carboxylic acids is 1. The van der Waals surface area contributed by atoms with Crippen LogP contribution in [0, 0.1) is 6.92 Å². The van der Waals surface area contributed by atoms with Crippen LogP contribution in [0.5, 0.6) is 0 Å². The van der Waals surface area contributed by atoms with E-state index in [1.165, 1.54) is 21.3 Å². The van der Waals surface area contributed by atoms with Gasteiger partial charge in [0.1, 0.15) is 23.2 Å². The first-order valence-electron chi connectivity index (χ1n) is 7.29. The number of hydrogen-bond donors (Lipinski definition) is 2. The van der Waals surface area contributed by atoms with Crippen molar-refractivity contribution < 1.29 is 19.5 Å². The number of β-lactam (4-membered cyclic amide) rings is 1. The van der Waals surface area contributed by atoms with Crippen molar-refractivity contribution in [3.63, 3.8) is 0 Å². The van der Waals surface area contributed by atoms with Gasteiger partial charge < -0.3 is 15.3 Å². The van der Waals surface area contributed by atoms with Gasteiger partial charge in [0.15, 0.2) is 0 Å². The smallest absolute Gasteiger partial charge is 0.327 e. The van der Waals surface area contributed by atoms with Crippen molar-refractivity contribution in [1.29, 1.82) is 0 Å². The molecule has 0 aliphatic carbocycles. The van der Waals surface area contributed by atoms with Gasteiger partial charge in [-0.15, -0.1) is 11.8 Å². The second kappa shape index (κ2) is 5.38. The lowest BCUT2D eigenvalue weighted by Crippen LogP contribution is -2.70. The summed E-state index contributed by atoms with van der Waals surface area (Å²) in [5, 5.41) is 16.0. The highest BCUT2D eigenvalue weighted by Crippen LogP contribution is 2.50. The van der Waals surface area contributed by atoms with Gasteiger partial charge in [0.2, 0.25) is 5.91 Å². The number of rotatable bonds is 3. The summed E-state index contributed by atoms with van der Waals surface area (Å²) in [6, 6.07) is -1.67. The van der Waals surface area contributed by atoms with Gasteiger partial charge in [0.25, 0.3) is 5.91 Å². The summed E-state index contributed by atoms with van der Waals surface area (Å²) in [6.07, 6.45) is 0. The zero-order valence-corrected chi connectivity index (χ0v) is 15.1. The average Bonchev–Trinajstić information content (AvgIpc) is 2.87. The Bertz CT molecular complexity index is 762. The molecule has 2 fully saturated rings. The summed E-state index contributed by atoms with van der Waals surface area (Å²) in [6.45, 7) is 5.24. The summed E-state index contributed by atoms with van der Waals surface area (Å²) >= 11 is 7.46. The van der Waals surface area contributed by atoms with Gasteiger partial charge >= 0.3 is 5.97 Å². The molecule has 2 amide bonds. The number of hydrogen-bond acceptors (Lipinski definition) is 5. The number of carboxylic acids is 1. The Morgan fingerprint density at radius 1 is 1.42 bits per heavy atom. The molecule has 8 nitrogen and oxygen atoms in total. The molecule has 10 heteroatoms. The highest BCUT2D eigenvalue weighted by molar-refractivity contribution is 8.01. The number of nitrogens with zero attached hydrogens (tertiary/aromatic N) is 3. The van der Waals surface area contributed by atoms with E-state index in [1.807, 2.05) is 0 Å². The van der Waals surface area contributed by atoms with Crippen LogP contribution in [0.25, 0.3) is 0 Å². The number of fused-ring (bicyclic) bond motifs is 1. The summed E-state index contributed by atoms with van der Waals surface area (Å²) in [4.78, 5) is 37.6. The predicted molar refractivity (Wildman–Crippen MR) is 87.9 cm³/mol. The number of amides is 2. The van der Waals surface area contributed by atoms with Crippen LogP contribution in [-0.4, -0.2) is 59.8 Å². The average molecular weight is 373 g/mol. The Morgan fingerprint density at radius 2 is 2.04 bits per heavy atom. The lowest BCUT2D eigenvalue weighted by Gasteiger charge is -2.43. The quantitative estimate of drug-likeness (QED) is 0.754. The second-order valence-corrected chi connectivity index (χ2v) is 8.57. The molecule has 0 bridgehead atoms. The maximum absolute atomic E-state index is 12.5. The summed E-state index contributed by atoms with van der Waals surface area (Å²) in [5.74, 6) is -1.94. The molecule has 0 saturated carbocycles. The monoisotopic (exact) mass is 372 g/mol. The van der Waals surface area contributed by atoms with E-state index in [2.05, 4.69) is 10.4 Å². The molecule has 1 aromatic heterocycles. The van der Waals surface area contributed by atoms with E-state index in [0.717, 1.165) is 0 Å². The Labute approximate surface area is 147 Å². The van der Waals surface area contributed by atoms with E-state index < -0.39 is 40.0 Å². The standard InChI is InChI=1S/C14H17ClN4O4S/c1-5-6(15)8(18(4)17-5)10(20)16-7-11(21)19-9(13(22)23)14(2,3)24-12(7)19/h7,9,12H,1-4H3,(H,16,20)(H,22,23)/t7-,9+,12-/m0/s1. The third-order valence-corrected chi connectivity index (χ3v) is 6.35. The number of nitrogens with one attached hydrogen (secondary N) is 1. The molecule has 2 N–H and O–H groups in total. The van der Waals surface area contributed by atoms with E-state index in [9.17, 15) is 19.5 Å². The van der Waals surface area contributed by atoms with Crippen molar-refractivity contribution in [3.8, 4) is 0 Å². The minimum Gasteiger partial charge on any atom is -0.480 e. The van der Waals surface area contributed by atoms with Gasteiger partial charge in [-0.1, -0.05) is 11.6 Å². The molecular weight excluding hydrogens is 356 g/mol. The number of aryl methyl sites for hydroxylation is 2. The third-order valence-electron chi connectivity index (χ3n) is 4.33. The number of aromatic nitrogens is 2. The van der Waals surface area contributed by atoms with Gasteiger partial charge in [-0.2, -0.15) is 5.10 Å². The minimum absolute atomic E-state index is 0.178. The summed E-state index contributed by atoms with van der Waals surface area (Å²) in [7, 11) is 1.59. The Hall–Kier alpha value is -1.74. The molecule has 0 unspecified atom stereocenters. The highest BCUT2D eigenvalue weighted by Gasteiger charge is 2.64. The summed E-state index contributed by atoms with van der Waals surface area (Å²) in [5.41, 5.74) is 0.700. The van der Waals surface area contributed by atoms with Crippen LogP contribution in [0.3, 0.4) is 0 Å². The zero-order chi connectivity index (χ0) is 18.0. The van der Waals surface area contributed by atoms with Crippen LogP contribution < -0.4 is 5.32 Å². The number of thioether (sulfide) groups is 1. The fourth-order valence-corrected chi connectivity index (χ4v) is 5.11. The van der Waals surface area contributed by atoms with Gasteiger partial charge in [-0.25, -0.2) is 4.79 Å². The Morgan fingerprint density at radius 3 is 2.54 bits per heavy atom. The molecule has 0 spiro atoms. The predicted octanol–water partition coefficient (Wildman–Crippen LogP) is 0.627. The summed E-state index contributed by atoms with van der Waals surface area (Å²) < 4.78 is 0.728. The number of halogens is 1. The van der Waals surface area contributed by atoms with Gasteiger partial charge in [0, 0.05) is 11.8 Å². The fourth-order valence-electron chi connectivity index (χ4n) is 3.23. The topological polar surface area (TPSA) is 105 Å². The molecule has 2 aliphatic rings. The van der Waals surface area contributed by atoms with Crippen LogP contribution in [0.1, 0.15) is 30.0 Å². The van der Waals surface area contributed by atoms with Crippen molar-refractivity contribution in [2.45, 2.75) is 43.0 Å². The van der Waals surface area contributed by atoms with E-state index in [4.69, 9.17) is 11.6 Å². The van der Waals surface area contributed by atoms with E-state index in [0.29, 0.717) is 5.69 Å². The number of carbonyl (C=O) groups excluding carboxylic acids is 2. The van der Waals surface area contributed by atoms with Crippen molar-refractivity contribution >= 4 is 41.1 Å². The maximum Gasteiger partial charge on any atom is 0.327 e. The van der Waals surface area contributed by atoms with Crippen molar-refractivity contribution in [2.75, 3.05) is 0 Å². The van der Waals surface area contributed by atoms with Gasteiger partial charge in [0.05, 0.1) is 10.7 Å². The molecule has 130 valence electrons. The fraction of sp³-hybridized carbons (Fsp3) is 0.571. The van der Waals surface area contributed by atoms with E-state index in [1.54, 1.807) is 27.8 Å². The molecule has 0 radical (unpaired) electrons. The van der Waals surface area contributed by atoms with E-state index >= 15 is 0 Å². The van der Waals surface area contributed by atoms with Crippen molar-refractivity contribution in [2.24, 2.45) is 7.05 Å². The van der Waals surface area contributed by atoms with Crippen LogP contribution in [-0.2, 0) is 16.6 Å². The minimum atomic E-state index is -1.04. The van der Waals surface area contributed by atoms with Crippen LogP contribution >= 0.6 is 23.4 Å². The SMILES string of the molecule is Cc1nn(C)c(C(=O)N[C@H]2C(=O)N3[C@H]2SC(C)(C)[C@H]3C(=O)O)c1Cl. The third kappa shape index (κ3) is 2.29. The normalized spacial score (nSPS) is 27.6. The largest absolute Gasteiger partial charge is 0.480 e. The van der Waals surface area contributed by atoms with Gasteiger partial charge in [-0.3, -0.25) is 14.3 Å². The Balaban J connectivity index is 1.80. The van der Waals surface area contributed by atoms with Crippen LogP contribution in [0.15, 0.2) is 0 Å². The lowest BCUT2D eigenvalue weighted by atomic mass is 9.96. The first-order valence-corrected chi connectivity index (χ1v) is 8.54. The van der Waals surface area contributed by atoms with E-state index in [-0.39, 0.29) is 10.7 Å². The first-order chi connectivity index (χ1) is 11.1. The van der Waals surface area contributed by atoms with Crippen LogP contribution in [0.2, 0.25) is 5.02 Å². The number of carboxylic acid groups (broad SMARTS) is 1. The highest BCUT2D eigenvalue weighted by atomic mass is 35.5. The second-order valence-electron chi connectivity index (χ2n) is 6.42.